The Hall–Kier alpha value is -4.02. The van der Waals surface area contributed by atoms with Gasteiger partial charge in [0.2, 0.25) is 5.91 Å². The third-order valence-electron chi connectivity index (χ3n) is 6.78. The van der Waals surface area contributed by atoms with Crippen molar-refractivity contribution < 1.29 is 14.7 Å². The van der Waals surface area contributed by atoms with Crippen LogP contribution in [0.15, 0.2) is 54.2 Å². The zero-order chi connectivity index (χ0) is 26.7. The summed E-state index contributed by atoms with van der Waals surface area (Å²) >= 11 is 1.28. The Kier molecular flexibility index (Phi) is 7.26. The van der Waals surface area contributed by atoms with Crippen LogP contribution in [-0.2, 0) is 16.6 Å². The summed E-state index contributed by atoms with van der Waals surface area (Å²) in [7, 11) is 0. The molecule has 1 unspecified atom stereocenters. The van der Waals surface area contributed by atoms with E-state index in [1.807, 2.05) is 55.6 Å². The molecule has 0 radical (unpaired) electrons. The number of hydrogen-bond donors (Lipinski definition) is 3. The van der Waals surface area contributed by atoms with Gasteiger partial charge in [-0.25, -0.2) is 19.9 Å². The number of nitrogens with zero attached hydrogens (tertiary/aromatic N) is 4. The number of carbonyl (C=O) groups excluding carboxylic acids is 2. The number of rotatable bonds is 7. The van der Waals surface area contributed by atoms with Gasteiger partial charge < -0.3 is 15.7 Å². The van der Waals surface area contributed by atoms with Crippen LogP contribution in [-0.4, -0.2) is 50.0 Å². The fraction of sp³-hybridized carbons (Fsp3) is 0.286. The number of anilines is 1. The van der Waals surface area contributed by atoms with Crippen LogP contribution < -0.4 is 10.6 Å². The molecule has 194 valence electrons. The molecule has 0 spiro atoms. The van der Waals surface area contributed by atoms with E-state index < -0.39 is 0 Å². The van der Waals surface area contributed by atoms with E-state index in [4.69, 9.17) is 0 Å². The molecule has 1 aromatic carbocycles. The third kappa shape index (κ3) is 5.46. The summed E-state index contributed by atoms with van der Waals surface area (Å²) in [5, 5.41) is 17.6. The maximum atomic E-state index is 12.8. The van der Waals surface area contributed by atoms with Gasteiger partial charge in [-0.2, -0.15) is 0 Å². The highest BCUT2D eigenvalue weighted by molar-refractivity contribution is 7.14. The molecule has 0 saturated heterocycles. The normalized spacial score (nSPS) is 16.5. The topological polar surface area (TPSA) is 130 Å². The van der Waals surface area contributed by atoms with Crippen LogP contribution in [0.3, 0.4) is 0 Å². The minimum Gasteiger partial charge on any atom is -0.395 e. The number of aromatic nitrogens is 4. The summed E-state index contributed by atoms with van der Waals surface area (Å²) in [6.45, 7) is 3.75. The largest absolute Gasteiger partial charge is 0.395 e. The van der Waals surface area contributed by atoms with Gasteiger partial charge in [-0.15, -0.1) is 11.3 Å². The lowest BCUT2D eigenvalue weighted by atomic mass is 9.71. The van der Waals surface area contributed by atoms with Crippen molar-refractivity contribution in [2.24, 2.45) is 0 Å². The van der Waals surface area contributed by atoms with Gasteiger partial charge in [0.1, 0.15) is 12.0 Å². The quantitative estimate of drug-likeness (QED) is 0.331. The fourth-order valence-corrected chi connectivity index (χ4v) is 5.38. The van der Waals surface area contributed by atoms with Crippen LogP contribution in [0.25, 0.3) is 22.8 Å². The van der Waals surface area contributed by atoms with Gasteiger partial charge >= 0.3 is 0 Å². The number of thiazole rings is 1. The van der Waals surface area contributed by atoms with Gasteiger partial charge in [-0.1, -0.05) is 19.1 Å². The minimum absolute atomic E-state index is 0.0311. The average molecular weight is 529 g/mol. The highest BCUT2D eigenvalue weighted by atomic mass is 32.1. The molecule has 3 heterocycles. The van der Waals surface area contributed by atoms with Crippen molar-refractivity contribution in [3.63, 3.8) is 0 Å². The van der Waals surface area contributed by atoms with Gasteiger partial charge in [-0.3, -0.25) is 9.59 Å². The summed E-state index contributed by atoms with van der Waals surface area (Å²) in [5.74, 6) is -0.717. The zero-order valence-electron chi connectivity index (χ0n) is 21.2. The molecule has 38 heavy (non-hydrogen) atoms. The van der Waals surface area contributed by atoms with Gasteiger partial charge in [0.15, 0.2) is 5.13 Å². The monoisotopic (exact) mass is 528 g/mol. The summed E-state index contributed by atoms with van der Waals surface area (Å²) in [6.07, 6.45) is 4.33. The van der Waals surface area contributed by atoms with E-state index >= 15 is 0 Å². The molecule has 1 aliphatic rings. The Bertz CT molecular complexity index is 1500. The Labute approximate surface area is 224 Å². The number of hydrogen-bond acceptors (Lipinski definition) is 8. The van der Waals surface area contributed by atoms with Crippen molar-refractivity contribution in [3.05, 3.63) is 76.6 Å². The number of carbonyl (C=O) groups is 2. The highest BCUT2D eigenvalue weighted by Gasteiger charge is 2.32. The molecule has 3 aromatic heterocycles. The molecule has 0 bridgehead atoms. The first kappa shape index (κ1) is 25.6. The SMILES string of the molecule is Cc1cc(-c2cccc(-c3csc(NC(=O)CNC(=O)c4ccc5c(c4)C(C)(CO)CCC5)n3)n2)ncn1. The fourth-order valence-electron chi connectivity index (χ4n) is 4.65. The predicted octanol–water partition coefficient (Wildman–Crippen LogP) is 3.93. The van der Waals surface area contributed by atoms with Gasteiger partial charge in [0.25, 0.3) is 5.91 Å². The van der Waals surface area contributed by atoms with Crippen molar-refractivity contribution in [2.45, 2.75) is 38.5 Å². The first-order chi connectivity index (χ1) is 18.3. The second-order valence-corrected chi connectivity index (χ2v) is 10.5. The standard InChI is InChI=1S/C28H28N6O3S/c1-17-11-23(31-16-30-17)21-6-3-7-22(32-21)24-14-38-27(33-24)34-25(36)13-29-26(37)19-9-8-18-5-4-10-28(2,15-35)20(18)12-19/h3,6-9,11-12,14,16,35H,4-5,10,13,15H2,1-2H3,(H,29,37)(H,33,34,36). The summed E-state index contributed by atoms with van der Waals surface area (Å²) in [4.78, 5) is 42.8. The van der Waals surface area contributed by atoms with Gasteiger partial charge in [0, 0.05) is 22.1 Å². The molecule has 1 atom stereocenters. The minimum atomic E-state index is -0.379. The number of pyridine rings is 1. The van der Waals surface area contributed by atoms with Crippen LogP contribution in [0, 0.1) is 6.92 Å². The number of aryl methyl sites for hydroxylation is 2. The lowest BCUT2D eigenvalue weighted by Crippen LogP contribution is -2.34. The van der Waals surface area contributed by atoms with Crippen molar-refractivity contribution in [2.75, 3.05) is 18.5 Å². The molecule has 0 aliphatic heterocycles. The Morgan fingerprint density at radius 1 is 1.05 bits per heavy atom. The van der Waals surface area contributed by atoms with Gasteiger partial charge in [-0.05, 0) is 67.6 Å². The van der Waals surface area contributed by atoms with Gasteiger partial charge in [0.05, 0.1) is 30.2 Å². The van der Waals surface area contributed by atoms with E-state index in [0.29, 0.717) is 27.8 Å². The van der Waals surface area contributed by atoms with E-state index in [-0.39, 0.29) is 30.4 Å². The van der Waals surface area contributed by atoms with Crippen molar-refractivity contribution in [3.8, 4) is 22.8 Å². The maximum absolute atomic E-state index is 12.8. The average Bonchev–Trinajstić information content (AvgIpc) is 3.40. The smallest absolute Gasteiger partial charge is 0.251 e. The van der Waals surface area contributed by atoms with E-state index in [9.17, 15) is 14.7 Å². The maximum Gasteiger partial charge on any atom is 0.251 e. The first-order valence-corrected chi connectivity index (χ1v) is 13.3. The lowest BCUT2D eigenvalue weighted by molar-refractivity contribution is -0.115. The number of aliphatic hydroxyl groups excluding tert-OH is 1. The molecular weight excluding hydrogens is 500 g/mol. The van der Waals surface area contributed by atoms with E-state index in [0.717, 1.165) is 41.8 Å². The number of fused-ring (bicyclic) bond motifs is 1. The molecule has 10 heteroatoms. The lowest BCUT2D eigenvalue weighted by Gasteiger charge is -2.34. The molecule has 9 nitrogen and oxygen atoms in total. The number of nitrogens with one attached hydrogen (secondary N) is 2. The third-order valence-corrected chi connectivity index (χ3v) is 7.54. The molecule has 1 aliphatic carbocycles. The van der Waals surface area contributed by atoms with Crippen LogP contribution in [0.2, 0.25) is 0 Å². The molecule has 2 amide bonds. The van der Waals surface area contributed by atoms with Crippen molar-refractivity contribution in [1.29, 1.82) is 0 Å². The van der Waals surface area contributed by atoms with E-state index in [1.165, 1.54) is 17.7 Å². The Balaban J connectivity index is 1.21. The second-order valence-electron chi connectivity index (χ2n) is 9.67. The molecule has 0 fully saturated rings. The molecule has 4 aromatic rings. The van der Waals surface area contributed by atoms with Crippen LogP contribution in [0.1, 0.15) is 46.9 Å². The van der Waals surface area contributed by atoms with Crippen molar-refractivity contribution in [1.82, 2.24) is 25.3 Å². The first-order valence-electron chi connectivity index (χ1n) is 12.4. The molecular formula is C28H28N6O3S. The molecule has 3 N–H and O–H groups in total. The molecule has 5 rings (SSSR count). The number of aliphatic hydroxyl groups is 1. The Morgan fingerprint density at radius 3 is 2.66 bits per heavy atom. The van der Waals surface area contributed by atoms with E-state index in [1.54, 1.807) is 6.07 Å². The number of amides is 2. The van der Waals surface area contributed by atoms with Crippen LogP contribution in [0.5, 0.6) is 0 Å². The Morgan fingerprint density at radius 2 is 1.87 bits per heavy atom. The predicted molar refractivity (Wildman–Crippen MR) is 146 cm³/mol. The summed E-state index contributed by atoms with van der Waals surface area (Å²) < 4.78 is 0. The summed E-state index contributed by atoms with van der Waals surface area (Å²) in [5.41, 5.74) is 5.85. The summed E-state index contributed by atoms with van der Waals surface area (Å²) in [6, 6.07) is 13.0. The molecule has 0 saturated carbocycles. The zero-order valence-corrected chi connectivity index (χ0v) is 22.0. The second kappa shape index (κ2) is 10.8. The van der Waals surface area contributed by atoms with Crippen LogP contribution in [0.4, 0.5) is 5.13 Å². The highest BCUT2D eigenvalue weighted by Crippen LogP contribution is 2.37. The van der Waals surface area contributed by atoms with E-state index in [2.05, 4.69) is 30.6 Å². The number of benzene rings is 1. The van der Waals surface area contributed by atoms with Crippen LogP contribution >= 0.6 is 11.3 Å². The van der Waals surface area contributed by atoms with Crippen molar-refractivity contribution >= 4 is 28.3 Å².